The molecule has 1 rings (SSSR count). The molecule has 0 heterocycles. The fourth-order valence-corrected chi connectivity index (χ4v) is 1.23. The van der Waals surface area contributed by atoms with Crippen molar-refractivity contribution < 1.29 is 13.9 Å². The molecule has 0 saturated heterocycles. The lowest BCUT2D eigenvalue weighted by Gasteiger charge is -2.06. The van der Waals surface area contributed by atoms with Crippen molar-refractivity contribution in [2.45, 2.75) is 0 Å². The van der Waals surface area contributed by atoms with Crippen molar-refractivity contribution in [1.29, 1.82) is 0 Å². The number of primary amides is 1. The van der Waals surface area contributed by atoms with Gasteiger partial charge in [0.2, 0.25) is 0 Å². The predicted molar refractivity (Wildman–Crippen MR) is 46.5 cm³/mol. The van der Waals surface area contributed by atoms with E-state index in [9.17, 15) is 9.18 Å². The van der Waals surface area contributed by atoms with Gasteiger partial charge in [0, 0.05) is 0 Å². The van der Waals surface area contributed by atoms with Gasteiger partial charge < -0.3 is 10.5 Å². The van der Waals surface area contributed by atoms with Gasteiger partial charge in [-0.25, -0.2) is 4.39 Å². The first-order valence-electron chi connectivity index (χ1n) is 3.39. The summed E-state index contributed by atoms with van der Waals surface area (Å²) in [5, 5.41) is 0.0244. The van der Waals surface area contributed by atoms with Gasteiger partial charge in [-0.2, -0.15) is 0 Å². The largest absolute Gasteiger partial charge is 0.494 e. The van der Waals surface area contributed by atoms with Gasteiger partial charge >= 0.3 is 0 Å². The van der Waals surface area contributed by atoms with Crippen LogP contribution in [0.25, 0.3) is 0 Å². The van der Waals surface area contributed by atoms with Gasteiger partial charge in [0.05, 0.1) is 17.7 Å². The standard InChI is InChI=1S/C8H7ClFNO2/c1-13-7-5(8(11)12)2-4(10)3-6(7)9/h2-3H,1H3,(H2,11,12). The summed E-state index contributed by atoms with van der Waals surface area (Å²) in [5.41, 5.74) is 4.92. The van der Waals surface area contributed by atoms with Crippen LogP contribution < -0.4 is 10.5 Å². The molecule has 0 fully saturated rings. The summed E-state index contributed by atoms with van der Waals surface area (Å²) in [6.07, 6.45) is 0. The number of rotatable bonds is 2. The van der Waals surface area contributed by atoms with Gasteiger partial charge in [-0.05, 0) is 12.1 Å². The summed E-state index contributed by atoms with van der Waals surface area (Å²) in [4.78, 5) is 10.8. The molecule has 2 N–H and O–H groups in total. The van der Waals surface area contributed by atoms with E-state index in [0.717, 1.165) is 12.1 Å². The molecule has 0 radical (unpaired) electrons. The SMILES string of the molecule is COc1c(Cl)cc(F)cc1C(N)=O. The van der Waals surface area contributed by atoms with Crippen LogP contribution in [-0.2, 0) is 0 Å². The summed E-state index contributed by atoms with van der Waals surface area (Å²) >= 11 is 5.61. The Hall–Kier alpha value is -1.29. The lowest BCUT2D eigenvalue weighted by molar-refractivity contribution is 0.0997. The Labute approximate surface area is 79.2 Å². The average Bonchev–Trinajstić information content (AvgIpc) is 2.02. The molecule has 5 heteroatoms. The number of carbonyl (C=O) groups is 1. The van der Waals surface area contributed by atoms with Crippen LogP contribution in [0.4, 0.5) is 4.39 Å². The second kappa shape index (κ2) is 3.62. The number of halogens is 2. The zero-order chi connectivity index (χ0) is 10.0. The highest BCUT2D eigenvalue weighted by Gasteiger charge is 2.14. The van der Waals surface area contributed by atoms with Gasteiger partial charge in [0.25, 0.3) is 5.91 Å². The molecule has 70 valence electrons. The van der Waals surface area contributed by atoms with E-state index in [1.165, 1.54) is 7.11 Å². The maximum atomic E-state index is 12.8. The summed E-state index contributed by atoms with van der Waals surface area (Å²) in [6.45, 7) is 0. The summed E-state index contributed by atoms with van der Waals surface area (Å²) in [6, 6.07) is 2.03. The lowest BCUT2D eigenvalue weighted by atomic mass is 10.2. The van der Waals surface area contributed by atoms with Crippen LogP contribution in [0.15, 0.2) is 12.1 Å². The minimum absolute atomic E-state index is 0.0244. The van der Waals surface area contributed by atoms with Crippen LogP contribution in [-0.4, -0.2) is 13.0 Å². The van der Waals surface area contributed by atoms with Crippen LogP contribution in [0.5, 0.6) is 5.75 Å². The first-order valence-corrected chi connectivity index (χ1v) is 3.77. The number of hydrogen-bond acceptors (Lipinski definition) is 2. The van der Waals surface area contributed by atoms with Crippen LogP contribution in [0, 0.1) is 5.82 Å². The van der Waals surface area contributed by atoms with Crippen LogP contribution in [0.1, 0.15) is 10.4 Å². The van der Waals surface area contributed by atoms with Gasteiger partial charge in [0.1, 0.15) is 11.6 Å². The first kappa shape index (κ1) is 9.80. The third kappa shape index (κ3) is 1.89. The summed E-state index contributed by atoms with van der Waals surface area (Å²) in [7, 11) is 1.32. The van der Waals surface area contributed by atoms with Gasteiger partial charge in [0.15, 0.2) is 0 Å². The van der Waals surface area contributed by atoms with Gasteiger partial charge in [-0.15, -0.1) is 0 Å². The smallest absolute Gasteiger partial charge is 0.252 e. The van der Waals surface area contributed by atoms with E-state index in [1.807, 2.05) is 0 Å². The van der Waals surface area contributed by atoms with Crippen molar-refractivity contribution in [2.24, 2.45) is 5.73 Å². The molecule has 0 aromatic heterocycles. The van der Waals surface area contributed by atoms with E-state index in [0.29, 0.717) is 0 Å². The van der Waals surface area contributed by atoms with E-state index in [4.69, 9.17) is 22.1 Å². The Bertz CT molecular complexity index is 354. The number of hydrogen-bond donors (Lipinski definition) is 1. The first-order chi connectivity index (χ1) is 6.06. The number of benzene rings is 1. The third-order valence-electron chi connectivity index (χ3n) is 1.48. The zero-order valence-electron chi connectivity index (χ0n) is 6.80. The monoisotopic (exact) mass is 203 g/mol. The fraction of sp³-hybridized carbons (Fsp3) is 0.125. The number of nitrogens with two attached hydrogens (primary N) is 1. The molecule has 0 aliphatic carbocycles. The number of amides is 1. The van der Waals surface area contributed by atoms with E-state index in [1.54, 1.807) is 0 Å². The third-order valence-corrected chi connectivity index (χ3v) is 1.76. The van der Waals surface area contributed by atoms with Gasteiger partial charge in [-0.1, -0.05) is 11.6 Å². The Kier molecular flexibility index (Phi) is 2.72. The average molecular weight is 204 g/mol. The Morgan fingerprint density at radius 3 is 2.69 bits per heavy atom. The maximum Gasteiger partial charge on any atom is 0.252 e. The van der Waals surface area contributed by atoms with Crippen molar-refractivity contribution in [1.82, 2.24) is 0 Å². The van der Waals surface area contributed by atoms with Crippen molar-refractivity contribution in [3.05, 3.63) is 28.5 Å². The molecule has 1 aromatic carbocycles. The Morgan fingerprint density at radius 1 is 1.62 bits per heavy atom. The number of carbonyl (C=O) groups excluding carboxylic acids is 1. The molecule has 0 aliphatic rings. The molecule has 0 atom stereocenters. The normalized spacial score (nSPS) is 9.77. The molecule has 0 bridgehead atoms. The minimum Gasteiger partial charge on any atom is -0.494 e. The molecular weight excluding hydrogens is 197 g/mol. The Balaban J connectivity index is 3.38. The molecular formula is C8H7ClFNO2. The van der Waals surface area contributed by atoms with E-state index >= 15 is 0 Å². The van der Waals surface area contributed by atoms with Gasteiger partial charge in [-0.3, -0.25) is 4.79 Å². The summed E-state index contributed by atoms with van der Waals surface area (Å²) in [5.74, 6) is -1.31. The quantitative estimate of drug-likeness (QED) is 0.794. The molecule has 0 saturated carbocycles. The fourth-order valence-electron chi connectivity index (χ4n) is 0.951. The van der Waals surface area contributed by atoms with Crippen molar-refractivity contribution >= 4 is 17.5 Å². The molecule has 3 nitrogen and oxygen atoms in total. The highest BCUT2D eigenvalue weighted by atomic mass is 35.5. The highest BCUT2D eigenvalue weighted by Crippen LogP contribution is 2.29. The van der Waals surface area contributed by atoms with E-state index < -0.39 is 11.7 Å². The maximum absolute atomic E-state index is 12.8. The van der Waals surface area contributed by atoms with Crippen molar-refractivity contribution in [3.8, 4) is 5.75 Å². The zero-order valence-corrected chi connectivity index (χ0v) is 7.56. The molecule has 1 amide bonds. The van der Waals surface area contributed by atoms with Crippen molar-refractivity contribution in [3.63, 3.8) is 0 Å². The highest BCUT2D eigenvalue weighted by molar-refractivity contribution is 6.32. The number of methoxy groups -OCH3 is 1. The lowest BCUT2D eigenvalue weighted by Crippen LogP contribution is -2.13. The van der Waals surface area contributed by atoms with Crippen LogP contribution in [0.3, 0.4) is 0 Å². The molecule has 13 heavy (non-hydrogen) atoms. The topological polar surface area (TPSA) is 52.3 Å². The second-order valence-electron chi connectivity index (χ2n) is 2.33. The molecule has 1 aromatic rings. The van der Waals surface area contributed by atoms with E-state index in [2.05, 4.69) is 0 Å². The number of ether oxygens (including phenoxy) is 1. The second-order valence-corrected chi connectivity index (χ2v) is 2.74. The molecule has 0 aliphatic heterocycles. The van der Waals surface area contributed by atoms with E-state index in [-0.39, 0.29) is 16.3 Å². The molecule has 0 unspecified atom stereocenters. The predicted octanol–water partition coefficient (Wildman–Crippen LogP) is 1.59. The minimum atomic E-state index is -0.779. The molecule has 0 spiro atoms. The summed E-state index contributed by atoms with van der Waals surface area (Å²) < 4.78 is 17.5. The van der Waals surface area contributed by atoms with Crippen LogP contribution >= 0.6 is 11.6 Å². The van der Waals surface area contributed by atoms with Crippen LogP contribution in [0.2, 0.25) is 5.02 Å². The van der Waals surface area contributed by atoms with Crippen molar-refractivity contribution in [2.75, 3.05) is 7.11 Å². The Morgan fingerprint density at radius 2 is 2.23 bits per heavy atom.